The number of methoxy groups -OCH3 is 2. The first kappa shape index (κ1) is 21.6. The fraction of sp³-hybridized carbons (Fsp3) is 0.407. The maximum atomic E-state index is 13.8. The molecule has 0 spiro atoms. The first-order valence-electron chi connectivity index (χ1n) is 11.5. The Hall–Kier alpha value is -3.28. The van der Waals surface area contributed by atoms with Crippen LogP contribution in [0.2, 0.25) is 0 Å². The zero-order chi connectivity index (χ0) is 23.3. The van der Waals surface area contributed by atoms with E-state index in [1.165, 1.54) is 0 Å². The standard InChI is InChI=1S/C27H30N2O4/c1-27(2)14-19-24(21(30)15-27)25(17-11-12-22(32-3)23(13-17)33-4)29(26(31)16-9-10-16)20-8-6-5-7-18(20)28-19/h5-8,11-13,16,25,28H,9-10,14-15H2,1-4H3/t25-/m0/s1. The Morgan fingerprint density at radius 1 is 1.03 bits per heavy atom. The average molecular weight is 447 g/mol. The second-order valence-electron chi connectivity index (χ2n) is 9.97. The predicted molar refractivity (Wildman–Crippen MR) is 128 cm³/mol. The molecule has 1 amide bonds. The van der Waals surface area contributed by atoms with Crippen LogP contribution in [-0.2, 0) is 9.59 Å². The van der Waals surface area contributed by atoms with E-state index in [2.05, 4.69) is 19.2 Å². The monoisotopic (exact) mass is 446 g/mol. The Balaban J connectivity index is 1.77. The first-order chi connectivity index (χ1) is 15.8. The maximum Gasteiger partial charge on any atom is 0.231 e. The quantitative estimate of drug-likeness (QED) is 0.694. The fourth-order valence-corrected chi connectivity index (χ4v) is 5.10. The summed E-state index contributed by atoms with van der Waals surface area (Å²) in [5.74, 6) is 1.33. The second-order valence-corrected chi connectivity index (χ2v) is 9.97. The summed E-state index contributed by atoms with van der Waals surface area (Å²) in [6.45, 7) is 4.23. The van der Waals surface area contributed by atoms with Gasteiger partial charge in [-0.05, 0) is 54.5 Å². The molecule has 33 heavy (non-hydrogen) atoms. The van der Waals surface area contributed by atoms with Gasteiger partial charge in [0.05, 0.1) is 31.6 Å². The molecule has 5 rings (SSSR count). The third-order valence-corrected chi connectivity index (χ3v) is 6.79. The normalized spacial score (nSPS) is 21.5. The van der Waals surface area contributed by atoms with Crippen molar-refractivity contribution in [3.8, 4) is 11.5 Å². The summed E-state index contributed by atoms with van der Waals surface area (Å²) in [5, 5.41) is 3.55. The number of ether oxygens (including phenoxy) is 2. The van der Waals surface area contributed by atoms with Gasteiger partial charge >= 0.3 is 0 Å². The van der Waals surface area contributed by atoms with E-state index >= 15 is 0 Å². The van der Waals surface area contributed by atoms with Crippen molar-refractivity contribution >= 4 is 23.1 Å². The lowest BCUT2D eigenvalue weighted by Crippen LogP contribution is -2.40. The summed E-state index contributed by atoms with van der Waals surface area (Å²) in [4.78, 5) is 29.3. The molecule has 0 unspecified atom stereocenters. The van der Waals surface area contributed by atoms with Crippen molar-refractivity contribution in [3.05, 3.63) is 59.3 Å². The summed E-state index contributed by atoms with van der Waals surface area (Å²) in [6.07, 6.45) is 2.95. The molecule has 1 saturated carbocycles. The smallest absolute Gasteiger partial charge is 0.231 e. The Labute approximate surface area is 194 Å². The van der Waals surface area contributed by atoms with E-state index in [0.717, 1.165) is 41.9 Å². The lowest BCUT2D eigenvalue weighted by atomic mass is 9.73. The van der Waals surface area contributed by atoms with Gasteiger partial charge in [0.2, 0.25) is 5.91 Å². The van der Waals surface area contributed by atoms with Gasteiger partial charge < -0.3 is 14.8 Å². The highest BCUT2D eigenvalue weighted by Gasteiger charge is 2.46. The third-order valence-electron chi connectivity index (χ3n) is 6.79. The molecule has 2 aliphatic carbocycles. The number of hydrogen-bond acceptors (Lipinski definition) is 5. The van der Waals surface area contributed by atoms with Crippen LogP contribution in [0.15, 0.2) is 53.7 Å². The van der Waals surface area contributed by atoms with Crippen LogP contribution in [0.4, 0.5) is 11.4 Å². The number of benzene rings is 2. The number of Topliss-reactive ketones (excluding diaryl/α,β-unsaturated/α-hetero) is 1. The van der Waals surface area contributed by atoms with Crippen molar-refractivity contribution in [3.63, 3.8) is 0 Å². The van der Waals surface area contributed by atoms with Crippen molar-refractivity contribution in [2.75, 3.05) is 24.4 Å². The zero-order valence-electron chi connectivity index (χ0n) is 19.6. The maximum absolute atomic E-state index is 13.8. The number of hydrogen-bond donors (Lipinski definition) is 1. The van der Waals surface area contributed by atoms with E-state index in [9.17, 15) is 9.59 Å². The van der Waals surface area contributed by atoms with E-state index < -0.39 is 6.04 Å². The van der Waals surface area contributed by atoms with Gasteiger partial charge in [-0.15, -0.1) is 0 Å². The van der Waals surface area contributed by atoms with Crippen molar-refractivity contribution < 1.29 is 19.1 Å². The minimum Gasteiger partial charge on any atom is -0.493 e. The van der Waals surface area contributed by atoms with E-state index in [0.29, 0.717) is 23.5 Å². The zero-order valence-corrected chi connectivity index (χ0v) is 19.6. The van der Waals surface area contributed by atoms with Crippen LogP contribution >= 0.6 is 0 Å². The number of allylic oxidation sites excluding steroid dienone is 1. The molecule has 1 aliphatic heterocycles. The van der Waals surface area contributed by atoms with Gasteiger partial charge in [0.1, 0.15) is 0 Å². The summed E-state index contributed by atoms with van der Waals surface area (Å²) in [7, 11) is 3.19. The Bertz CT molecular complexity index is 1160. The fourth-order valence-electron chi connectivity index (χ4n) is 5.10. The van der Waals surface area contributed by atoms with E-state index in [1.807, 2.05) is 47.4 Å². The molecule has 1 heterocycles. The lowest BCUT2D eigenvalue weighted by molar-refractivity contribution is -0.120. The van der Waals surface area contributed by atoms with Crippen molar-refractivity contribution in [1.29, 1.82) is 0 Å². The molecule has 1 N–H and O–H groups in total. The highest BCUT2D eigenvalue weighted by Crippen LogP contribution is 2.50. The van der Waals surface area contributed by atoms with Crippen LogP contribution in [-0.4, -0.2) is 25.9 Å². The van der Waals surface area contributed by atoms with Crippen LogP contribution in [0.3, 0.4) is 0 Å². The van der Waals surface area contributed by atoms with Crippen molar-refractivity contribution in [2.24, 2.45) is 11.3 Å². The predicted octanol–water partition coefficient (Wildman–Crippen LogP) is 5.26. The summed E-state index contributed by atoms with van der Waals surface area (Å²) < 4.78 is 11.0. The Morgan fingerprint density at radius 2 is 1.76 bits per heavy atom. The molecule has 0 bridgehead atoms. The van der Waals surface area contributed by atoms with Crippen molar-refractivity contribution in [2.45, 2.75) is 45.6 Å². The summed E-state index contributed by atoms with van der Waals surface area (Å²) in [5.41, 5.74) is 3.90. The largest absolute Gasteiger partial charge is 0.493 e. The molecule has 0 aromatic heterocycles. The number of carbonyl (C=O) groups is 2. The van der Waals surface area contributed by atoms with Crippen LogP contribution in [0.25, 0.3) is 0 Å². The molecule has 6 heteroatoms. The number of carbonyl (C=O) groups excluding carboxylic acids is 2. The van der Waals surface area contributed by atoms with E-state index in [-0.39, 0.29) is 23.0 Å². The number of rotatable bonds is 4. The number of nitrogens with one attached hydrogen (secondary N) is 1. The van der Waals surface area contributed by atoms with Crippen LogP contribution in [0.5, 0.6) is 11.5 Å². The molecular weight excluding hydrogens is 416 g/mol. The van der Waals surface area contributed by atoms with Gasteiger partial charge in [0.15, 0.2) is 17.3 Å². The number of para-hydroxylation sites is 2. The molecule has 0 saturated heterocycles. The first-order valence-corrected chi connectivity index (χ1v) is 11.5. The van der Waals surface area contributed by atoms with Gasteiger partial charge in [0, 0.05) is 23.6 Å². The molecule has 2 aromatic carbocycles. The number of ketones is 1. The van der Waals surface area contributed by atoms with E-state index in [1.54, 1.807) is 14.2 Å². The summed E-state index contributed by atoms with van der Waals surface area (Å²) in [6, 6.07) is 13.0. The third kappa shape index (κ3) is 3.77. The Kier molecular flexibility index (Phi) is 5.19. The molecule has 1 atom stereocenters. The van der Waals surface area contributed by atoms with Gasteiger partial charge in [0.25, 0.3) is 0 Å². The van der Waals surface area contributed by atoms with Crippen LogP contribution in [0, 0.1) is 11.3 Å². The molecular formula is C27H30N2O4. The highest BCUT2D eigenvalue weighted by molar-refractivity contribution is 6.07. The van der Waals surface area contributed by atoms with Gasteiger partial charge in [-0.1, -0.05) is 32.0 Å². The number of amides is 1. The van der Waals surface area contributed by atoms with E-state index in [4.69, 9.17) is 9.47 Å². The molecule has 0 radical (unpaired) electrons. The van der Waals surface area contributed by atoms with Gasteiger partial charge in [-0.25, -0.2) is 0 Å². The average Bonchev–Trinajstić information content (AvgIpc) is 3.63. The van der Waals surface area contributed by atoms with Crippen molar-refractivity contribution in [1.82, 2.24) is 0 Å². The van der Waals surface area contributed by atoms with Gasteiger partial charge in [-0.2, -0.15) is 0 Å². The second kappa shape index (κ2) is 7.94. The summed E-state index contributed by atoms with van der Waals surface area (Å²) >= 11 is 0. The van der Waals surface area contributed by atoms with Crippen LogP contribution in [0.1, 0.15) is 51.1 Å². The number of fused-ring (bicyclic) bond motifs is 1. The number of anilines is 2. The van der Waals surface area contributed by atoms with Crippen LogP contribution < -0.4 is 19.7 Å². The molecule has 2 aromatic rings. The minimum atomic E-state index is -0.535. The molecule has 3 aliphatic rings. The molecule has 6 nitrogen and oxygen atoms in total. The lowest BCUT2D eigenvalue weighted by Gasteiger charge is -2.37. The SMILES string of the molecule is COc1ccc([C@H]2C3=C(CC(C)(C)CC3=O)Nc3ccccc3N2C(=O)C2CC2)cc1OC. The minimum absolute atomic E-state index is 0.00187. The topological polar surface area (TPSA) is 67.9 Å². The van der Waals surface area contributed by atoms with Gasteiger partial charge in [-0.3, -0.25) is 14.5 Å². The highest BCUT2D eigenvalue weighted by atomic mass is 16.5. The Morgan fingerprint density at radius 3 is 2.45 bits per heavy atom. The molecule has 1 fully saturated rings. The number of nitrogens with zero attached hydrogens (tertiary/aromatic N) is 1. The molecule has 172 valence electrons.